The second-order valence-electron chi connectivity index (χ2n) is 8.72. The molecule has 0 spiro atoms. The minimum Gasteiger partial charge on any atom is -0.376 e. The fourth-order valence-electron chi connectivity index (χ4n) is 4.09. The largest absolute Gasteiger partial charge is 0.416 e. The Labute approximate surface area is 200 Å². The van der Waals surface area contributed by atoms with Crippen molar-refractivity contribution in [1.82, 2.24) is 25.0 Å². The van der Waals surface area contributed by atoms with Crippen molar-refractivity contribution in [1.29, 1.82) is 0 Å². The minimum absolute atomic E-state index is 0.0928. The number of hydrogen-bond donors (Lipinski definition) is 3. The van der Waals surface area contributed by atoms with Crippen LogP contribution in [-0.2, 0) is 4.74 Å². The quantitative estimate of drug-likeness (QED) is 0.454. The lowest BCUT2D eigenvalue weighted by atomic mass is 9.96. The fourth-order valence-corrected chi connectivity index (χ4v) is 4.09. The number of alkyl halides is 4. The molecule has 0 aliphatic carbocycles. The van der Waals surface area contributed by atoms with Crippen LogP contribution in [0.25, 0.3) is 17.0 Å². The van der Waals surface area contributed by atoms with Crippen molar-refractivity contribution in [3.05, 3.63) is 47.8 Å². The number of ether oxygens (including phenoxy) is 1. The second kappa shape index (κ2) is 8.92. The third-order valence-electron chi connectivity index (χ3n) is 6.26. The smallest absolute Gasteiger partial charge is 0.376 e. The molecule has 0 saturated carbocycles. The molecule has 0 aromatic carbocycles. The fraction of sp³-hybridized carbons (Fsp3) is 0.409. The van der Waals surface area contributed by atoms with E-state index in [0.717, 1.165) is 0 Å². The van der Waals surface area contributed by atoms with Gasteiger partial charge in [0.1, 0.15) is 17.5 Å². The molecule has 2 fully saturated rings. The van der Waals surface area contributed by atoms with Gasteiger partial charge in [0.2, 0.25) is 0 Å². The number of halogens is 6. The summed E-state index contributed by atoms with van der Waals surface area (Å²) in [4.78, 5) is 20.6. The van der Waals surface area contributed by atoms with E-state index in [4.69, 9.17) is 0 Å². The van der Waals surface area contributed by atoms with Gasteiger partial charge < -0.3 is 20.7 Å². The molecule has 1 amide bonds. The number of nitrogens with zero attached hydrogens (tertiary/aromatic N) is 3. The Morgan fingerprint density at radius 1 is 1.22 bits per heavy atom. The number of aromatic nitrogens is 3. The zero-order valence-electron chi connectivity index (χ0n) is 18.5. The van der Waals surface area contributed by atoms with Gasteiger partial charge in [-0.15, -0.1) is 0 Å². The summed E-state index contributed by atoms with van der Waals surface area (Å²) in [5, 5.41) is 7.62. The highest BCUT2D eigenvalue weighted by Crippen LogP contribution is 2.36. The minimum atomic E-state index is -4.70. The van der Waals surface area contributed by atoms with Crippen molar-refractivity contribution in [3.63, 3.8) is 0 Å². The lowest BCUT2D eigenvalue weighted by Gasteiger charge is -2.42. The maximum atomic E-state index is 14.7. The van der Waals surface area contributed by atoms with Gasteiger partial charge in [-0.1, -0.05) is 0 Å². The molecule has 192 valence electrons. The van der Waals surface area contributed by atoms with Gasteiger partial charge in [-0.3, -0.25) is 9.20 Å². The molecule has 5 rings (SSSR count). The Bertz CT molecular complexity index is 1310. The molecule has 0 radical (unpaired) electrons. The van der Waals surface area contributed by atoms with E-state index in [1.54, 1.807) is 0 Å². The Kier molecular flexibility index (Phi) is 6.03. The number of nitrogens with one attached hydrogen (secondary N) is 3. The molecular weight excluding hydrogens is 494 g/mol. The van der Waals surface area contributed by atoms with Crippen molar-refractivity contribution in [2.45, 2.75) is 30.3 Å². The van der Waals surface area contributed by atoms with Crippen LogP contribution in [0.5, 0.6) is 0 Å². The van der Waals surface area contributed by atoms with Gasteiger partial charge >= 0.3 is 6.18 Å². The molecule has 36 heavy (non-hydrogen) atoms. The second-order valence-corrected chi connectivity index (χ2v) is 8.72. The van der Waals surface area contributed by atoms with Crippen LogP contribution in [0.2, 0.25) is 0 Å². The summed E-state index contributed by atoms with van der Waals surface area (Å²) in [6, 6.07) is 2.32. The Morgan fingerprint density at radius 2 is 2.00 bits per heavy atom. The SMILES string of the molecule is O=C(NC1(C(F)(F)F)COC1)c1ccn2c(-c3nc(N[C@H]4CNCC[C@@H]4F)c(F)cc3F)cnc2c1. The van der Waals surface area contributed by atoms with Gasteiger partial charge in [0.15, 0.2) is 23.0 Å². The number of rotatable bonds is 5. The summed E-state index contributed by atoms with van der Waals surface area (Å²) in [5.74, 6) is -3.33. The van der Waals surface area contributed by atoms with Crippen molar-refractivity contribution < 1.29 is 35.9 Å². The van der Waals surface area contributed by atoms with Gasteiger partial charge in [-0.2, -0.15) is 13.2 Å². The summed E-state index contributed by atoms with van der Waals surface area (Å²) >= 11 is 0. The molecule has 3 aromatic rings. The lowest BCUT2D eigenvalue weighted by molar-refractivity contribution is -0.263. The third kappa shape index (κ3) is 4.23. The summed E-state index contributed by atoms with van der Waals surface area (Å²) in [5.41, 5.74) is -2.65. The topological polar surface area (TPSA) is 92.6 Å². The average Bonchev–Trinajstić information content (AvgIpc) is 3.21. The van der Waals surface area contributed by atoms with Crippen molar-refractivity contribution in [2.75, 3.05) is 31.6 Å². The summed E-state index contributed by atoms with van der Waals surface area (Å²) < 4.78 is 89.3. The van der Waals surface area contributed by atoms with Crippen LogP contribution < -0.4 is 16.0 Å². The summed E-state index contributed by atoms with van der Waals surface area (Å²) in [6.45, 7) is -0.665. The molecule has 8 nitrogen and oxygen atoms in total. The molecule has 5 heterocycles. The highest BCUT2D eigenvalue weighted by Gasteiger charge is 2.61. The zero-order valence-corrected chi connectivity index (χ0v) is 18.5. The predicted octanol–water partition coefficient (Wildman–Crippen LogP) is 2.85. The van der Waals surface area contributed by atoms with E-state index in [0.29, 0.717) is 12.6 Å². The predicted molar refractivity (Wildman–Crippen MR) is 115 cm³/mol. The van der Waals surface area contributed by atoms with E-state index in [2.05, 4.69) is 25.3 Å². The van der Waals surface area contributed by atoms with Crippen molar-refractivity contribution >= 4 is 17.4 Å². The first kappa shape index (κ1) is 24.3. The van der Waals surface area contributed by atoms with E-state index in [9.17, 15) is 31.1 Å². The number of anilines is 1. The number of fused-ring (bicyclic) bond motifs is 1. The number of carbonyl (C=O) groups is 1. The summed E-state index contributed by atoms with van der Waals surface area (Å²) in [7, 11) is 0. The first-order valence-electron chi connectivity index (χ1n) is 11.0. The van der Waals surface area contributed by atoms with E-state index < -0.39 is 54.7 Å². The highest BCUT2D eigenvalue weighted by molar-refractivity contribution is 5.95. The summed E-state index contributed by atoms with van der Waals surface area (Å²) in [6.07, 6.45) is -3.18. The molecular formula is C22H20F6N6O2. The Hall–Kier alpha value is -3.39. The number of piperidine rings is 1. The molecule has 3 N–H and O–H groups in total. The Morgan fingerprint density at radius 3 is 2.67 bits per heavy atom. The first-order valence-corrected chi connectivity index (χ1v) is 11.0. The molecule has 0 unspecified atom stereocenters. The lowest BCUT2D eigenvalue weighted by Crippen LogP contribution is -2.70. The number of carbonyl (C=O) groups excluding carboxylic acids is 1. The normalized spacial score (nSPS) is 21.7. The van der Waals surface area contributed by atoms with Gasteiger partial charge in [-0.25, -0.2) is 23.1 Å². The van der Waals surface area contributed by atoms with Crippen LogP contribution in [0.1, 0.15) is 16.8 Å². The number of pyridine rings is 2. The van der Waals surface area contributed by atoms with Crippen LogP contribution >= 0.6 is 0 Å². The molecule has 0 bridgehead atoms. The van der Waals surface area contributed by atoms with Crippen molar-refractivity contribution in [3.8, 4) is 11.4 Å². The van der Waals surface area contributed by atoms with E-state index in [-0.39, 0.29) is 41.4 Å². The molecule has 2 aliphatic rings. The van der Waals surface area contributed by atoms with Crippen LogP contribution in [0.15, 0.2) is 30.6 Å². The number of hydrogen-bond acceptors (Lipinski definition) is 6. The van der Waals surface area contributed by atoms with Crippen LogP contribution in [0.3, 0.4) is 0 Å². The third-order valence-corrected chi connectivity index (χ3v) is 6.26. The molecule has 14 heteroatoms. The maximum Gasteiger partial charge on any atom is 0.416 e. The molecule has 2 aliphatic heterocycles. The van der Waals surface area contributed by atoms with Gasteiger partial charge in [0, 0.05) is 24.4 Å². The Balaban J connectivity index is 1.43. The van der Waals surface area contributed by atoms with Crippen LogP contribution in [-0.4, -0.2) is 70.5 Å². The molecule has 2 atom stereocenters. The van der Waals surface area contributed by atoms with Gasteiger partial charge in [0.05, 0.1) is 31.1 Å². The maximum absolute atomic E-state index is 14.7. The van der Waals surface area contributed by atoms with Crippen LogP contribution in [0.4, 0.5) is 32.2 Å². The number of imidazole rings is 1. The van der Waals surface area contributed by atoms with Crippen molar-refractivity contribution in [2.24, 2.45) is 0 Å². The molecule has 3 aromatic heterocycles. The van der Waals surface area contributed by atoms with E-state index >= 15 is 0 Å². The average molecular weight is 514 g/mol. The first-order chi connectivity index (χ1) is 17.1. The number of amides is 1. The van der Waals surface area contributed by atoms with Crippen LogP contribution in [0, 0.1) is 11.6 Å². The highest BCUT2D eigenvalue weighted by atomic mass is 19.4. The van der Waals surface area contributed by atoms with E-state index in [1.165, 1.54) is 28.9 Å². The standard InChI is InChI=1S/C22H20F6N6O2/c23-12-1-3-29-7-15(12)31-19-14(25)6-13(24)18(32-19)16-8-30-17-5-11(2-4-34(16)17)20(35)33-21(9-36-10-21)22(26,27)28/h2,4-6,8,12,15,29H,1,3,7,9-10H2,(H,31,32)(H,33,35)/t12-,15-/m0/s1. The zero-order chi connectivity index (χ0) is 25.7. The van der Waals surface area contributed by atoms with E-state index in [1.807, 2.05) is 5.32 Å². The monoisotopic (exact) mass is 514 g/mol. The van der Waals surface area contributed by atoms with Gasteiger partial charge in [-0.05, 0) is 25.1 Å². The molecule has 2 saturated heterocycles. The van der Waals surface area contributed by atoms with Gasteiger partial charge in [0.25, 0.3) is 5.91 Å².